The summed E-state index contributed by atoms with van der Waals surface area (Å²) in [5.74, 6) is 0.305. The van der Waals surface area contributed by atoms with E-state index in [1.54, 1.807) is 24.3 Å². The van der Waals surface area contributed by atoms with Gasteiger partial charge >= 0.3 is 0 Å². The fourth-order valence-corrected chi connectivity index (χ4v) is 1.98. The van der Waals surface area contributed by atoms with Gasteiger partial charge in [0.1, 0.15) is 11.5 Å². The number of ketones is 1. The molecule has 0 heterocycles. The Morgan fingerprint density at radius 2 is 1.68 bits per heavy atom. The summed E-state index contributed by atoms with van der Waals surface area (Å²) < 4.78 is 0. The van der Waals surface area contributed by atoms with Crippen LogP contribution in [0.25, 0.3) is 0 Å². The first-order valence-electron chi connectivity index (χ1n) is 6.25. The lowest BCUT2D eigenvalue weighted by Crippen LogP contribution is -2.16. The summed E-state index contributed by atoms with van der Waals surface area (Å²) in [5, 5.41) is 9.18. The zero-order chi connectivity index (χ0) is 13.7. The summed E-state index contributed by atoms with van der Waals surface area (Å²) in [5.41, 5.74) is 7.88. The minimum Gasteiger partial charge on any atom is -0.508 e. The SMILES string of the molecule is NC(CC(=O)Cc1ccc(O)cc1)c1ccccc1. The number of carbonyl (C=O) groups excluding carboxylic acids is 1. The van der Waals surface area contributed by atoms with Crippen molar-refractivity contribution in [1.82, 2.24) is 0 Å². The van der Waals surface area contributed by atoms with E-state index in [0.29, 0.717) is 12.8 Å². The molecule has 98 valence electrons. The highest BCUT2D eigenvalue weighted by Gasteiger charge is 2.11. The van der Waals surface area contributed by atoms with Gasteiger partial charge in [-0.2, -0.15) is 0 Å². The topological polar surface area (TPSA) is 63.3 Å². The van der Waals surface area contributed by atoms with Gasteiger partial charge in [0.05, 0.1) is 0 Å². The van der Waals surface area contributed by atoms with Crippen LogP contribution in [-0.4, -0.2) is 10.9 Å². The Kier molecular flexibility index (Phi) is 4.31. The van der Waals surface area contributed by atoms with E-state index in [-0.39, 0.29) is 17.6 Å². The van der Waals surface area contributed by atoms with E-state index in [2.05, 4.69) is 0 Å². The second-order valence-corrected chi connectivity index (χ2v) is 4.60. The normalized spacial score (nSPS) is 12.1. The number of hydrogen-bond donors (Lipinski definition) is 2. The predicted molar refractivity (Wildman–Crippen MR) is 74.8 cm³/mol. The van der Waals surface area contributed by atoms with Crippen LogP contribution in [0.2, 0.25) is 0 Å². The molecular formula is C16H17NO2. The first-order chi connectivity index (χ1) is 9.15. The number of phenolic OH excluding ortho intramolecular Hbond substituents is 1. The third-order valence-corrected chi connectivity index (χ3v) is 3.01. The van der Waals surface area contributed by atoms with Crippen molar-refractivity contribution in [3.05, 3.63) is 65.7 Å². The molecule has 0 radical (unpaired) electrons. The molecule has 0 saturated heterocycles. The Bertz CT molecular complexity index is 534. The van der Waals surface area contributed by atoms with Gasteiger partial charge in [0.15, 0.2) is 0 Å². The van der Waals surface area contributed by atoms with Crippen LogP contribution in [-0.2, 0) is 11.2 Å². The summed E-state index contributed by atoms with van der Waals surface area (Å²) in [6.45, 7) is 0. The third kappa shape index (κ3) is 3.93. The average molecular weight is 255 g/mol. The van der Waals surface area contributed by atoms with Crippen molar-refractivity contribution < 1.29 is 9.90 Å². The number of benzene rings is 2. The predicted octanol–water partition coefficient (Wildman–Crippen LogP) is 2.59. The quantitative estimate of drug-likeness (QED) is 0.863. The molecule has 2 rings (SSSR count). The highest BCUT2D eigenvalue weighted by atomic mass is 16.3. The summed E-state index contributed by atoms with van der Waals surface area (Å²) >= 11 is 0. The lowest BCUT2D eigenvalue weighted by molar-refractivity contribution is -0.118. The zero-order valence-electron chi connectivity index (χ0n) is 10.6. The lowest BCUT2D eigenvalue weighted by Gasteiger charge is -2.11. The largest absolute Gasteiger partial charge is 0.508 e. The van der Waals surface area contributed by atoms with Crippen LogP contribution in [0.3, 0.4) is 0 Å². The molecule has 0 spiro atoms. The van der Waals surface area contributed by atoms with Crippen molar-refractivity contribution in [3.8, 4) is 5.75 Å². The minimum absolute atomic E-state index is 0.0991. The molecule has 1 unspecified atom stereocenters. The maximum absolute atomic E-state index is 11.9. The molecule has 0 bridgehead atoms. The maximum atomic E-state index is 11.9. The summed E-state index contributed by atoms with van der Waals surface area (Å²) in [6, 6.07) is 16.0. The molecule has 19 heavy (non-hydrogen) atoms. The fourth-order valence-electron chi connectivity index (χ4n) is 1.98. The molecular weight excluding hydrogens is 238 g/mol. The Labute approximate surface area is 112 Å². The van der Waals surface area contributed by atoms with Crippen LogP contribution in [0.5, 0.6) is 5.75 Å². The molecule has 0 amide bonds. The Hall–Kier alpha value is -2.13. The molecule has 3 N–H and O–H groups in total. The van der Waals surface area contributed by atoms with Gasteiger partial charge in [0.2, 0.25) is 0 Å². The Balaban J connectivity index is 1.93. The van der Waals surface area contributed by atoms with Gasteiger partial charge in [0, 0.05) is 18.9 Å². The molecule has 2 aromatic rings. The molecule has 0 aliphatic carbocycles. The second kappa shape index (κ2) is 6.16. The first kappa shape index (κ1) is 13.3. The average Bonchev–Trinajstić information content (AvgIpc) is 2.42. The number of hydrogen-bond acceptors (Lipinski definition) is 3. The van der Waals surface area contributed by atoms with Gasteiger partial charge in [0.25, 0.3) is 0 Å². The van der Waals surface area contributed by atoms with Crippen molar-refractivity contribution in [1.29, 1.82) is 0 Å². The summed E-state index contributed by atoms with van der Waals surface area (Å²) in [4.78, 5) is 11.9. The van der Waals surface area contributed by atoms with Gasteiger partial charge in [-0.3, -0.25) is 4.79 Å². The molecule has 0 saturated carbocycles. The van der Waals surface area contributed by atoms with Crippen LogP contribution in [0, 0.1) is 0 Å². The molecule has 0 aliphatic heterocycles. The molecule has 1 atom stereocenters. The van der Waals surface area contributed by atoms with Crippen LogP contribution >= 0.6 is 0 Å². The van der Waals surface area contributed by atoms with Crippen molar-refractivity contribution in [2.75, 3.05) is 0 Å². The second-order valence-electron chi connectivity index (χ2n) is 4.60. The van der Waals surface area contributed by atoms with Gasteiger partial charge in [-0.25, -0.2) is 0 Å². The van der Waals surface area contributed by atoms with E-state index >= 15 is 0 Å². The molecule has 3 nitrogen and oxygen atoms in total. The highest BCUT2D eigenvalue weighted by molar-refractivity contribution is 5.81. The Morgan fingerprint density at radius 3 is 2.32 bits per heavy atom. The van der Waals surface area contributed by atoms with E-state index in [4.69, 9.17) is 5.73 Å². The molecule has 0 aromatic heterocycles. The van der Waals surface area contributed by atoms with E-state index in [1.807, 2.05) is 30.3 Å². The summed E-state index contributed by atoms with van der Waals surface area (Å²) in [7, 11) is 0. The fraction of sp³-hybridized carbons (Fsp3) is 0.188. The van der Waals surface area contributed by atoms with E-state index in [0.717, 1.165) is 11.1 Å². The van der Waals surface area contributed by atoms with E-state index in [9.17, 15) is 9.90 Å². The minimum atomic E-state index is -0.259. The third-order valence-electron chi connectivity index (χ3n) is 3.01. The summed E-state index contributed by atoms with van der Waals surface area (Å²) in [6.07, 6.45) is 0.672. The van der Waals surface area contributed by atoms with Crippen LogP contribution < -0.4 is 5.73 Å². The van der Waals surface area contributed by atoms with E-state index in [1.165, 1.54) is 0 Å². The molecule has 0 fully saturated rings. The van der Waals surface area contributed by atoms with Crippen molar-refractivity contribution in [3.63, 3.8) is 0 Å². The van der Waals surface area contributed by atoms with E-state index < -0.39 is 0 Å². The van der Waals surface area contributed by atoms with Gasteiger partial charge in [-0.15, -0.1) is 0 Å². The van der Waals surface area contributed by atoms with Crippen LogP contribution in [0.1, 0.15) is 23.6 Å². The number of aromatic hydroxyl groups is 1. The zero-order valence-corrected chi connectivity index (χ0v) is 10.6. The molecule has 0 aliphatic rings. The monoisotopic (exact) mass is 255 g/mol. The number of Topliss-reactive ketones (excluding diaryl/α,β-unsaturated/α-hetero) is 1. The number of phenols is 1. The van der Waals surface area contributed by atoms with Crippen molar-refractivity contribution in [2.45, 2.75) is 18.9 Å². The van der Waals surface area contributed by atoms with Crippen LogP contribution in [0.4, 0.5) is 0 Å². The van der Waals surface area contributed by atoms with Crippen molar-refractivity contribution in [2.24, 2.45) is 5.73 Å². The number of rotatable bonds is 5. The standard InChI is InChI=1S/C16H17NO2/c17-16(13-4-2-1-3-5-13)11-15(19)10-12-6-8-14(18)9-7-12/h1-9,16,18H,10-11,17H2. The maximum Gasteiger partial charge on any atom is 0.139 e. The van der Waals surface area contributed by atoms with Gasteiger partial charge < -0.3 is 10.8 Å². The smallest absolute Gasteiger partial charge is 0.139 e. The first-order valence-corrected chi connectivity index (χ1v) is 6.25. The molecule has 2 aromatic carbocycles. The Morgan fingerprint density at radius 1 is 1.05 bits per heavy atom. The number of carbonyl (C=O) groups is 1. The van der Waals surface area contributed by atoms with Gasteiger partial charge in [-0.05, 0) is 23.3 Å². The van der Waals surface area contributed by atoms with Crippen molar-refractivity contribution >= 4 is 5.78 Å². The van der Waals surface area contributed by atoms with Crippen LogP contribution in [0.15, 0.2) is 54.6 Å². The van der Waals surface area contributed by atoms with Gasteiger partial charge in [-0.1, -0.05) is 42.5 Å². The number of nitrogens with two attached hydrogens (primary N) is 1. The lowest BCUT2D eigenvalue weighted by atomic mass is 9.99. The molecule has 3 heteroatoms. The highest BCUT2D eigenvalue weighted by Crippen LogP contribution is 2.16.